The maximum absolute atomic E-state index is 6.03. The first-order valence-corrected chi connectivity index (χ1v) is 12.2. The molecule has 0 saturated heterocycles. The Morgan fingerprint density at radius 2 is 1.14 bits per heavy atom. The van der Waals surface area contributed by atoms with E-state index in [1.54, 1.807) is 0 Å². The van der Waals surface area contributed by atoms with Gasteiger partial charge >= 0.3 is 0 Å². The number of nitrogens with two attached hydrogens (primary N) is 2. The van der Waals surface area contributed by atoms with Crippen molar-refractivity contribution in [1.82, 2.24) is 34.8 Å². The third kappa shape index (κ3) is 6.85. The zero-order valence-corrected chi connectivity index (χ0v) is 21.6. The molecule has 192 valence electrons. The van der Waals surface area contributed by atoms with Crippen LogP contribution >= 0.6 is 0 Å². The van der Waals surface area contributed by atoms with Crippen molar-refractivity contribution in [2.24, 2.45) is 0 Å². The van der Waals surface area contributed by atoms with E-state index >= 15 is 0 Å². The molecule has 0 saturated carbocycles. The van der Waals surface area contributed by atoms with Crippen LogP contribution in [0.25, 0.3) is 0 Å². The number of hydrogen-bond acceptors (Lipinski definition) is 11. The van der Waals surface area contributed by atoms with Crippen LogP contribution in [0.1, 0.15) is 43.0 Å². The molecule has 0 unspecified atom stereocenters. The summed E-state index contributed by atoms with van der Waals surface area (Å²) < 4.78 is 0. The number of aromatic nitrogens is 6. The lowest BCUT2D eigenvalue weighted by molar-refractivity contribution is 0.177. The highest BCUT2D eigenvalue weighted by atomic mass is 15.3. The molecule has 37 heavy (non-hydrogen) atoms. The van der Waals surface area contributed by atoms with Crippen LogP contribution in [0.5, 0.6) is 0 Å². The van der Waals surface area contributed by atoms with Gasteiger partial charge in [0.05, 0.1) is 13.1 Å². The zero-order chi connectivity index (χ0) is 26.4. The van der Waals surface area contributed by atoms with Crippen molar-refractivity contribution in [3.05, 3.63) is 71.3 Å². The highest BCUT2D eigenvalue weighted by molar-refractivity contribution is 5.59. The number of aryl methyl sites for hydroxylation is 2. The summed E-state index contributed by atoms with van der Waals surface area (Å²) in [4.78, 5) is 28.7. The Hall–Kier alpha value is -4.38. The number of hydrogen-bond donors (Lipinski definition) is 4. The molecule has 1 atom stereocenters. The molecule has 0 amide bonds. The fourth-order valence-corrected chi connectivity index (χ4v) is 3.79. The van der Waals surface area contributed by atoms with Gasteiger partial charge in [0.2, 0.25) is 23.8 Å². The fourth-order valence-electron chi connectivity index (χ4n) is 3.79. The van der Waals surface area contributed by atoms with Gasteiger partial charge in [-0.1, -0.05) is 43.3 Å². The smallest absolute Gasteiger partial charge is 0.232 e. The van der Waals surface area contributed by atoms with Crippen LogP contribution in [0, 0.1) is 13.8 Å². The second kappa shape index (κ2) is 11.6. The van der Waals surface area contributed by atoms with Crippen molar-refractivity contribution in [3.8, 4) is 0 Å². The summed E-state index contributed by atoms with van der Waals surface area (Å²) in [5, 5.41) is 6.49. The van der Waals surface area contributed by atoms with E-state index in [1.165, 1.54) is 0 Å². The lowest BCUT2D eigenvalue weighted by Crippen LogP contribution is -2.33. The maximum Gasteiger partial charge on any atom is 0.232 e. The van der Waals surface area contributed by atoms with Gasteiger partial charge in [0, 0.05) is 17.4 Å². The van der Waals surface area contributed by atoms with E-state index in [1.807, 2.05) is 62.4 Å². The van der Waals surface area contributed by atoms with Crippen molar-refractivity contribution in [2.75, 3.05) is 22.1 Å². The highest BCUT2D eigenvalue weighted by Gasteiger charge is 2.19. The molecule has 0 aliphatic heterocycles. The molecule has 4 aromatic rings. The van der Waals surface area contributed by atoms with E-state index in [2.05, 4.69) is 59.3 Å². The molecule has 4 rings (SSSR count). The van der Waals surface area contributed by atoms with E-state index in [9.17, 15) is 0 Å². The van der Waals surface area contributed by atoms with Crippen molar-refractivity contribution < 1.29 is 0 Å². The molecule has 0 radical (unpaired) electrons. The van der Waals surface area contributed by atoms with Crippen LogP contribution in [0.3, 0.4) is 0 Å². The first kappa shape index (κ1) is 25.7. The first-order valence-electron chi connectivity index (χ1n) is 12.2. The highest BCUT2D eigenvalue weighted by Crippen LogP contribution is 2.21. The van der Waals surface area contributed by atoms with Crippen molar-refractivity contribution in [2.45, 2.75) is 53.2 Å². The Morgan fingerprint density at radius 3 is 1.54 bits per heavy atom. The van der Waals surface area contributed by atoms with Gasteiger partial charge in [0.15, 0.2) is 0 Å². The molecule has 11 heteroatoms. The Labute approximate surface area is 216 Å². The molecule has 2 aromatic heterocycles. The third-order valence-electron chi connectivity index (χ3n) is 6.08. The molecular weight excluding hydrogens is 466 g/mol. The van der Waals surface area contributed by atoms with Gasteiger partial charge in [-0.25, -0.2) is 0 Å². The van der Waals surface area contributed by atoms with Gasteiger partial charge in [-0.05, 0) is 50.5 Å². The number of nitrogens with one attached hydrogen (secondary N) is 2. The first-order chi connectivity index (χ1) is 17.8. The Kier molecular flexibility index (Phi) is 8.04. The average molecular weight is 500 g/mol. The topological polar surface area (TPSA) is 157 Å². The van der Waals surface area contributed by atoms with E-state index < -0.39 is 0 Å². The fraction of sp³-hybridized carbons (Fsp3) is 0.308. The van der Waals surface area contributed by atoms with Crippen LogP contribution < -0.4 is 22.1 Å². The van der Waals surface area contributed by atoms with Crippen LogP contribution in [0.4, 0.5) is 35.2 Å². The van der Waals surface area contributed by atoms with Gasteiger partial charge in [0.1, 0.15) is 11.6 Å². The summed E-state index contributed by atoms with van der Waals surface area (Å²) in [6, 6.07) is 16.0. The average Bonchev–Trinajstić information content (AvgIpc) is 2.85. The SMILES string of the molecule is CC[C@H](C)N(Cc1nc(N)nc(Nc2ccccc2C)n1)Cc1nc(N)nc(Nc2ccccc2C)n1. The quantitative estimate of drug-likeness (QED) is 0.249. The van der Waals surface area contributed by atoms with Gasteiger partial charge in [-0.15, -0.1) is 0 Å². The summed E-state index contributed by atoms with van der Waals surface area (Å²) in [6.45, 7) is 9.14. The van der Waals surface area contributed by atoms with Gasteiger partial charge in [-0.2, -0.15) is 29.9 Å². The van der Waals surface area contributed by atoms with Gasteiger partial charge in [-0.3, -0.25) is 4.90 Å². The van der Waals surface area contributed by atoms with Crippen LogP contribution in [-0.2, 0) is 13.1 Å². The monoisotopic (exact) mass is 499 g/mol. The molecule has 0 fully saturated rings. The molecule has 0 spiro atoms. The molecular formula is C26H33N11. The molecule has 2 aromatic carbocycles. The Bertz CT molecular complexity index is 1260. The summed E-state index contributed by atoms with van der Waals surface area (Å²) in [5.74, 6) is 2.19. The minimum atomic E-state index is 0.152. The van der Waals surface area contributed by atoms with E-state index in [-0.39, 0.29) is 17.9 Å². The standard InChI is InChI=1S/C26H33N11/c1-5-18(4)37(14-21-31-23(27)35-25(33-21)29-19-12-8-6-10-16(19)2)15-22-32-24(28)36-26(34-22)30-20-13-9-7-11-17(20)3/h6-13,18H,5,14-15H2,1-4H3,(H3,27,29,31,33,35)(H3,28,30,32,34,36)/t18-/m0/s1. The lowest BCUT2D eigenvalue weighted by Gasteiger charge is -2.27. The number of nitrogens with zero attached hydrogens (tertiary/aromatic N) is 7. The number of anilines is 6. The van der Waals surface area contributed by atoms with Crippen molar-refractivity contribution >= 4 is 35.2 Å². The molecule has 0 aliphatic carbocycles. The van der Waals surface area contributed by atoms with Gasteiger partial charge < -0.3 is 22.1 Å². The molecule has 0 aliphatic rings. The minimum absolute atomic E-state index is 0.152. The number of nitrogen functional groups attached to an aromatic ring is 2. The predicted octanol–water partition coefficient (Wildman–Crippen LogP) is 4.13. The second-order valence-electron chi connectivity index (χ2n) is 8.91. The molecule has 2 heterocycles. The van der Waals surface area contributed by atoms with Crippen molar-refractivity contribution in [3.63, 3.8) is 0 Å². The summed E-state index contributed by atoms with van der Waals surface area (Å²) in [5.41, 5.74) is 16.0. The summed E-state index contributed by atoms with van der Waals surface area (Å²) in [6.07, 6.45) is 0.907. The van der Waals surface area contributed by atoms with Gasteiger partial charge in [0.25, 0.3) is 0 Å². The zero-order valence-electron chi connectivity index (χ0n) is 21.6. The largest absolute Gasteiger partial charge is 0.368 e. The Morgan fingerprint density at radius 1 is 0.703 bits per heavy atom. The lowest BCUT2D eigenvalue weighted by atomic mass is 10.2. The summed E-state index contributed by atoms with van der Waals surface area (Å²) >= 11 is 0. The van der Waals surface area contributed by atoms with Crippen molar-refractivity contribution in [1.29, 1.82) is 0 Å². The maximum atomic E-state index is 6.03. The molecule has 0 bridgehead atoms. The van der Waals surface area contributed by atoms with Crippen LogP contribution in [0.2, 0.25) is 0 Å². The number of benzene rings is 2. The normalized spacial score (nSPS) is 11.9. The van der Waals surface area contributed by atoms with Crippen LogP contribution in [-0.4, -0.2) is 40.8 Å². The third-order valence-corrected chi connectivity index (χ3v) is 6.08. The van der Waals surface area contributed by atoms with E-state index in [4.69, 9.17) is 11.5 Å². The van der Waals surface area contributed by atoms with Crippen LogP contribution in [0.15, 0.2) is 48.5 Å². The minimum Gasteiger partial charge on any atom is -0.368 e. The number of rotatable bonds is 10. The number of para-hydroxylation sites is 2. The van der Waals surface area contributed by atoms with E-state index in [0.717, 1.165) is 28.9 Å². The molecule has 6 N–H and O–H groups in total. The summed E-state index contributed by atoms with van der Waals surface area (Å²) in [7, 11) is 0. The van der Waals surface area contributed by atoms with E-state index in [0.29, 0.717) is 36.6 Å². The Balaban J connectivity index is 1.55. The predicted molar refractivity (Wildman–Crippen MR) is 146 cm³/mol. The molecule has 11 nitrogen and oxygen atoms in total. The second-order valence-corrected chi connectivity index (χ2v) is 8.91.